The number of thiocarbonyl (C=S) groups is 1. The van der Waals surface area contributed by atoms with Crippen molar-refractivity contribution in [3.8, 4) is 11.5 Å². The van der Waals surface area contributed by atoms with Gasteiger partial charge in [-0.3, -0.25) is 0 Å². The molecule has 5 heteroatoms. The first-order valence-corrected chi connectivity index (χ1v) is 8.30. The average Bonchev–Trinajstić information content (AvgIpc) is 2.59. The Hall–Kier alpha value is -2.27. The molecular weight excluding hydrogens is 320 g/mol. The second kappa shape index (κ2) is 8.55. The molecule has 2 aromatic rings. The van der Waals surface area contributed by atoms with Gasteiger partial charge in [-0.1, -0.05) is 32.0 Å². The van der Waals surface area contributed by atoms with Crippen LogP contribution in [0.4, 0.5) is 5.69 Å². The van der Waals surface area contributed by atoms with E-state index in [0.29, 0.717) is 11.0 Å². The van der Waals surface area contributed by atoms with Crippen LogP contribution in [-0.4, -0.2) is 19.3 Å². The molecule has 128 valence electrons. The van der Waals surface area contributed by atoms with E-state index in [0.717, 1.165) is 17.2 Å². The van der Waals surface area contributed by atoms with Crippen LogP contribution in [0.2, 0.25) is 0 Å². The van der Waals surface area contributed by atoms with Crippen molar-refractivity contribution >= 4 is 23.0 Å². The van der Waals surface area contributed by atoms with Crippen molar-refractivity contribution in [2.45, 2.75) is 19.9 Å². The Morgan fingerprint density at radius 1 is 0.958 bits per heavy atom. The van der Waals surface area contributed by atoms with E-state index in [1.165, 1.54) is 5.56 Å². The number of hydrogen-bond acceptors (Lipinski definition) is 3. The Balaban J connectivity index is 2.07. The maximum absolute atomic E-state index is 5.47. The minimum atomic E-state index is 0.113. The highest BCUT2D eigenvalue weighted by Crippen LogP contribution is 2.24. The third-order valence-corrected chi connectivity index (χ3v) is 3.98. The van der Waals surface area contributed by atoms with E-state index in [9.17, 15) is 0 Å². The van der Waals surface area contributed by atoms with Crippen molar-refractivity contribution in [3.63, 3.8) is 0 Å². The second-order valence-electron chi connectivity index (χ2n) is 5.83. The summed E-state index contributed by atoms with van der Waals surface area (Å²) in [6.07, 6.45) is 0. The van der Waals surface area contributed by atoms with E-state index in [-0.39, 0.29) is 6.04 Å². The minimum absolute atomic E-state index is 0.113. The summed E-state index contributed by atoms with van der Waals surface area (Å²) in [5, 5.41) is 7.19. The molecule has 0 bridgehead atoms. The highest BCUT2D eigenvalue weighted by molar-refractivity contribution is 7.80. The third-order valence-electron chi connectivity index (χ3n) is 3.76. The molecule has 1 atom stereocenters. The third kappa shape index (κ3) is 4.86. The van der Waals surface area contributed by atoms with Crippen molar-refractivity contribution in [1.82, 2.24) is 5.32 Å². The molecule has 24 heavy (non-hydrogen) atoms. The lowest BCUT2D eigenvalue weighted by Gasteiger charge is -2.25. The summed E-state index contributed by atoms with van der Waals surface area (Å²) in [4.78, 5) is 0. The van der Waals surface area contributed by atoms with E-state index < -0.39 is 0 Å². The van der Waals surface area contributed by atoms with Gasteiger partial charge in [0.05, 0.1) is 20.3 Å². The van der Waals surface area contributed by atoms with Gasteiger partial charge in [-0.2, -0.15) is 0 Å². The van der Waals surface area contributed by atoms with E-state index in [1.54, 1.807) is 14.2 Å². The molecule has 0 aromatic heterocycles. The number of anilines is 1. The molecule has 0 saturated carbocycles. The van der Waals surface area contributed by atoms with Crippen LogP contribution >= 0.6 is 12.2 Å². The molecule has 2 rings (SSSR count). The van der Waals surface area contributed by atoms with Crippen molar-refractivity contribution < 1.29 is 9.47 Å². The van der Waals surface area contributed by atoms with Gasteiger partial charge >= 0.3 is 0 Å². The molecule has 0 heterocycles. The maximum atomic E-state index is 5.47. The fraction of sp³-hybridized carbons (Fsp3) is 0.316. The Morgan fingerprint density at radius 3 is 2.21 bits per heavy atom. The lowest BCUT2D eigenvalue weighted by molar-refractivity contribution is 0.413. The maximum Gasteiger partial charge on any atom is 0.171 e. The normalized spacial score (nSPS) is 11.7. The zero-order valence-corrected chi connectivity index (χ0v) is 15.3. The van der Waals surface area contributed by atoms with E-state index in [4.69, 9.17) is 21.7 Å². The van der Waals surface area contributed by atoms with E-state index in [1.807, 2.05) is 36.4 Å². The van der Waals surface area contributed by atoms with Crippen LogP contribution in [-0.2, 0) is 0 Å². The summed E-state index contributed by atoms with van der Waals surface area (Å²) in [7, 11) is 3.31. The lowest BCUT2D eigenvalue weighted by Crippen LogP contribution is -2.34. The molecule has 0 fully saturated rings. The Kier molecular flexibility index (Phi) is 6.44. The molecule has 0 radical (unpaired) electrons. The van der Waals surface area contributed by atoms with Gasteiger partial charge in [0.15, 0.2) is 5.11 Å². The first kappa shape index (κ1) is 18.1. The molecule has 4 nitrogen and oxygen atoms in total. The molecule has 2 N–H and O–H groups in total. The van der Waals surface area contributed by atoms with Crippen LogP contribution in [0.3, 0.4) is 0 Å². The highest BCUT2D eigenvalue weighted by atomic mass is 32.1. The molecular formula is C19H24N2O2S. The summed E-state index contributed by atoms with van der Waals surface area (Å²) in [6, 6.07) is 15.8. The van der Waals surface area contributed by atoms with Crippen LogP contribution < -0.4 is 20.1 Å². The lowest BCUT2D eigenvalue weighted by atomic mass is 9.96. The van der Waals surface area contributed by atoms with Gasteiger partial charge in [0.1, 0.15) is 11.5 Å². The molecule has 0 aliphatic carbocycles. The van der Waals surface area contributed by atoms with Crippen LogP contribution in [0.15, 0.2) is 48.5 Å². The van der Waals surface area contributed by atoms with Gasteiger partial charge in [0, 0.05) is 11.8 Å². The summed E-state index contributed by atoms with van der Waals surface area (Å²) in [5.74, 6) is 2.01. The van der Waals surface area contributed by atoms with Gasteiger partial charge < -0.3 is 20.1 Å². The Bertz CT molecular complexity index is 671. The molecule has 0 saturated heterocycles. The van der Waals surface area contributed by atoms with E-state index in [2.05, 4.69) is 36.6 Å². The molecule has 0 amide bonds. The van der Waals surface area contributed by atoms with Gasteiger partial charge in [-0.15, -0.1) is 0 Å². The molecule has 0 unspecified atom stereocenters. The van der Waals surface area contributed by atoms with Crippen molar-refractivity contribution in [3.05, 3.63) is 54.1 Å². The predicted molar refractivity (Wildman–Crippen MR) is 103 cm³/mol. The SMILES string of the molecule is COc1ccc([C@@H](NC(=S)Nc2cccc(OC)c2)C(C)C)cc1. The van der Waals surface area contributed by atoms with Crippen molar-refractivity contribution in [2.75, 3.05) is 19.5 Å². The number of methoxy groups -OCH3 is 2. The standard InChI is InChI=1S/C19H24N2O2S/c1-13(2)18(14-8-10-16(22-3)11-9-14)21-19(24)20-15-6-5-7-17(12-15)23-4/h5-13,18H,1-4H3,(H2,20,21,24)/t18-/m0/s1. The van der Waals surface area contributed by atoms with Gasteiger partial charge in [-0.25, -0.2) is 0 Å². The van der Waals surface area contributed by atoms with Crippen molar-refractivity contribution in [1.29, 1.82) is 0 Å². The average molecular weight is 344 g/mol. The molecule has 2 aromatic carbocycles. The van der Waals surface area contributed by atoms with Gasteiger partial charge in [-0.05, 0) is 48.0 Å². The van der Waals surface area contributed by atoms with Crippen molar-refractivity contribution in [2.24, 2.45) is 5.92 Å². The summed E-state index contributed by atoms with van der Waals surface area (Å²) in [6.45, 7) is 4.33. The number of hydrogen-bond donors (Lipinski definition) is 2. The minimum Gasteiger partial charge on any atom is -0.497 e. The van der Waals surface area contributed by atoms with Crippen LogP contribution in [0.5, 0.6) is 11.5 Å². The summed E-state index contributed by atoms with van der Waals surface area (Å²) >= 11 is 5.47. The smallest absolute Gasteiger partial charge is 0.171 e. The second-order valence-corrected chi connectivity index (χ2v) is 6.23. The van der Waals surface area contributed by atoms with E-state index >= 15 is 0 Å². The topological polar surface area (TPSA) is 42.5 Å². The Morgan fingerprint density at radius 2 is 1.62 bits per heavy atom. The first-order valence-electron chi connectivity index (χ1n) is 7.89. The molecule has 0 aliphatic heterocycles. The quantitative estimate of drug-likeness (QED) is 0.761. The zero-order chi connectivity index (χ0) is 17.5. The molecule has 0 spiro atoms. The van der Waals surface area contributed by atoms with Crippen LogP contribution in [0.1, 0.15) is 25.5 Å². The monoisotopic (exact) mass is 344 g/mol. The zero-order valence-electron chi connectivity index (χ0n) is 14.5. The largest absolute Gasteiger partial charge is 0.497 e. The highest BCUT2D eigenvalue weighted by Gasteiger charge is 2.17. The fourth-order valence-electron chi connectivity index (χ4n) is 2.46. The number of benzene rings is 2. The molecule has 0 aliphatic rings. The Labute approximate surface area is 149 Å². The predicted octanol–water partition coefficient (Wildman–Crippen LogP) is 4.39. The van der Waals surface area contributed by atoms with Crippen LogP contribution in [0, 0.1) is 5.92 Å². The van der Waals surface area contributed by atoms with Crippen LogP contribution in [0.25, 0.3) is 0 Å². The number of rotatable bonds is 6. The first-order chi connectivity index (χ1) is 11.5. The number of nitrogens with one attached hydrogen (secondary N) is 2. The fourth-order valence-corrected chi connectivity index (χ4v) is 2.70. The van der Waals surface area contributed by atoms with Gasteiger partial charge in [0.25, 0.3) is 0 Å². The summed E-state index contributed by atoms with van der Waals surface area (Å²) < 4.78 is 10.5. The summed E-state index contributed by atoms with van der Waals surface area (Å²) in [5.41, 5.74) is 2.06. The number of ether oxygens (including phenoxy) is 2. The van der Waals surface area contributed by atoms with Gasteiger partial charge in [0.2, 0.25) is 0 Å².